The minimum absolute atomic E-state index is 0.168. The summed E-state index contributed by atoms with van der Waals surface area (Å²) in [4.78, 5) is 45.9. The molecule has 0 radical (unpaired) electrons. The predicted molar refractivity (Wildman–Crippen MR) is 126 cm³/mol. The van der Waals surface area contributed by atoms with Gasteiger partial charge in [0.05, 0.1) is 13.7 Å². The molecule has 3 aromatic heterocycles. The van der Waals surface area contributed by atoms with E-state index in [1.54, 1.807) is 26.2 Å². The number of methoxy groups -OCH3 is 1. The van der Waals surface area contributed by atoms with E-state index in [4.69, 9.17) is 4.74 Å². The molecular formula is C21H22N4O4S3. The highest BCUT2D eigenvalue weighted by atomic mass is 32.2. The van der Waals surface area contributed by atoms with E-state index in [1.165, 1.54) is 36.3 Å². The number of thioether (sulfide) groups is 1. The maximum absolute atomic E-state index is 13.1. The van der Waals surface area contributed by atoms with Crippen molar-refractivity contribution >= 4 is 46.2 Å². The Morgan fingerprint density at radius 2 is 2.12 bits per heavy atom. The fourth-order valence-corrected chi connectivity index (χ4v) is 5.52. The number of thiazole rings is 1. The summed E-state index contributed by atoms with van der Waals surface area (Å²) in [5.41, 5.74) is 1.08. The van der Waals surface area contributed by atoms with E-state index < -0.39 is 0 Å². The lowest BCUT2D eigenvalue weighted by molar-refractivity contribution is 0.0753. The summed E-state index contributed by atoms with van der Waals surface area (Å²) in [7, 11) is 1.44. The van der Waals surface area contributed by atoms with E-state index in [0.717, 1.165) is 9.22 Å². The van der Waals surface area contributed by atoms with Crippen LogP contribution in [-0.4, -0.2) is 52.7 Å². The first-order chi connectivity index (χ1) is 15.5. The van der Waals surface area contributed by atoms with Gasteiger partial charge in [0.15, 0.2) is 0 Å². The van der Waals surface area contributed by atoms with Crippen LogP contribution in [0.25, 0.3) is 0 Å². The van der Waals surface area contributed by atoms with Gasteiger partial charge in [-0.25, -0.2) is 4.98 Å². The largest absolute Gasteiger partial charge is 0.496 e. The minimum Gasteiger partial charge on any atom is -0.496 e. The third-order valence-corrected chi connectivity index (χ3v) is 7.95. The van der Waals surface area contributed by atoms with Crippen LogP contribution < -0.4 is 15.6 Å². The number of hydrogen-bond acceptors (Lipinski definition) is 8. The summed E-state index contributed by atoms with van der Waals surface area (Å²) in [6.45, 7) is 1.43. The molecule has 0 bridgehead atoms. The summed E-state index contributed by atoms with van der Waals surface area (Å²) in [6, 6.07) is 5.21. The lowest BCUT2D eigenvalue weighted by Gasteiger charge is -2.18. The Hall–Kier alpha value is -2.63. The number of ether oxygens (including phenoxy) is 1. The number of nitrogens with one attached hydrogen (secondary N) is 1. The van der Waals surface area contributed by atoms with Gasteiger partial charge in [-0.2, -0.15) is 0 Å². The highest BCUT2D eigenvalue weighted by Crippen LogP contribution is 2.25. The molecule has 168 valence electrons. The maximum atomic E-state index is 13.1. The number of rotatable bonds is 6. The van der Waals surface area contributed by atoms with Crippen LogP contribution in [0.15, 0.2) is 38.1 Å². The molecule has 0 fully saturated rings. The average Bonchev–Trinajstić information content (AvgIpc) is 3.45. The van der Waals surface area contributed by atoms with Gasteiger partial charge in [-0.1, -0.05) is 17.8 Å². The molecule has 3 aromatic rings. The zero-order chi connectivity index (χ0) is 22.7. The van der Waals surface area contributed by atoms with E-state index in [0.29, 0.717) is 49.6 Å². The number of nitrogens with zero attached hydrogens (tertiary/aromatic N) is 3. The van der Waals surface area contributed by atoms with E-state index in [-0.39, 0.29) is 23.1 Å². The molecule has 11 heteroatoms. The molecular weight excluding hydrogens is 468 g/mol. The van der Waals surface area contributed by atoms with Gasteiger partial charge in [0.25, 0.3) is 17.4 Å². The van der Waals surface area contributed by atoms with Crippen molar-refractivity contribution in [2.75, 3.05) is 26.5 Å². The first kappa shape index (κ1) is 22.6. The number of fused-ring (bicyclic) bond motifs is 1. The molecule has 2 amide bonds. The lowest BCUT2D eigenvalue weighted by atomic mass is 10.1. The molecule has 0 aromatic carbocycles. The van der Waals surface area contributed by atoms with Crippen LogP contribution in [0.1, 0.15) is 31.4 Å². The van der Waals surface area contributed by atoms with Crippen LogP contribution in [0.2, 0.25) is 0 Å². The quantitative estimate of drug-likeness (QED) is 0.534. The van der Waals surface area contributed by atoms with Gasteiger partial charge in [0, 0.05) is 48.1 Å². The highest BCUT2D eigenvalue weighted by Gasteiger charge is 2.27. The van der Waals surface area contributed by atoms with Gasteiger partial charge in [-0.05, 0) is 17.7 Å². The van der Waals surface area contributed by atoms with Crippen LogP contribution in [0.4, 0.5) is 0 Å². The monoisotopic (exact) mass is 490 g/mol. The van der Waals surface area contributed by atoms with E-state index in [9.17, 15) is 14.4 Å². The number of carbonyl (C=O) groups excluding carboxylic acids is 2. The van der Waals surface area contributed by atoms with Gasteiger partial charge in [-0.15, -0.1) is 22.7 Å². The van der Waals surface area contributed by atoms with Crippen LogP contribution in [0, 0.1) is 0 Å². The first-order valence-electron chi connectivity index (χ1n) is 9.92. The maximum Gasteiger partial charge on any atom is 0.273 e. The molecule has 1 aliphatic heterocycles. The van der Waals surface area contributed by atoms with Crippen molar-refractivity contribution in [3.63, 3.8) is 0 Å². The Labute approximate surface area is 197 Å². The Kier molecular flexibility index (Phi) is 6.97. The standard InChI is InChI=1S/C21H22N4O4S3/c1-29-16-10-17(26)25-8-7-24(20(28)14-12-32-21(23-14)30-2)6-5-15(25)18(16)19(27)22-11-13-4-3-9-31-13/h3-4,9-10,12H,5-8,11H2,1-2H3,(H,22,27). The molecule has 0 saturated heterocycles. The van der Waals surface area contributed by atoms with Crippen LogP contribution in [-0.2, 0) is 19.5 Å². The number of aromatic nitrogens is 2. The van der Waals surface area contributed by atoms with Crippen LogP contribution in [0.3, 0.4) is 0 Å². The van der Waals surface area contributed by atoms with Crippen molar-refractivity contribution in [1.82, 2.24) is 19.8 Å². The predicted octanol–water partition coefficient (Wildman–Crippen LogP) is 2.73. The number of pyridine rings is 1. The molecule has 0 atom stereocenters. The molecule has 1 N–H and O–H groups in total. The second-order valence-corrected chi connectivity index (χ2v) is 9.98. The number of hydrogen-bond donors (Lipinski definition) is 1. The molecule has 0 unspecified atom stereocenters. The van der Waals surface area contributed by atoms with E-state index >= 15 is 0 Å². The van der Waals surface area contributed by atoms with Crippen LogP contribution >= 0.6 is 34.4 Å². The number of amides is 2. The van der Waals surface area contributed by atoms with Crippen LogP contribution in [0.5, 0.6) is 5.75 Å². The van der Waals surface area contributed by atoms with Gasteiger partial charge in [0.2, 0.25) is 0 Å². The number of thiophene rings is 1. The van der Waals surface area contributed by atoms with Crippen molar-refractivity contribution < 1.29 is 14.3 Å². The second kappa shape index (κ2) is 9.88. The highest BCUT2D eigenvalue weighted by molar-refractivity contribution is 8.00. The Balaban J connectivity index is 1.60. The molecule has 0 aliphatic carbocycles. The normalized spacial score (nSPS) is 13.4. The summed E-state index contributed by atoms with van der Waals surface area (Å²) >= 11 is 4.49. The molecule has 4 heterocycles. The lowest BCUT2D eigenvalue weighted by Crippen LogP contribution is -2.34. The van der Waals surface area contributed by atoms with E-state index in [1.807, 2.05) is 23.8 Å². The Morgan fingerprint density at radius 3 is 2.81 bits per heavy atom. The van der Waals surface area contributed by atoms with Crippen molar-refractivity contribution in [2.24, 2.45) is 0 Å². The van der Waals surface area contributed by atoms with Crippen molar-refractivity contribution in [2.45, 2.75) is 23.8 Å². The zero-order valence-corrected chi connectivity index (χ0v) is 20.1. The summed E-state index contributed by atoms with van der Waals surface area (Å²) in [5, 5.41) is 6.63. The summed E-state index contributed by atoms with van der Waals surface area (Å²) in [5.74, 6) is -0.227. The fourth-order valence-electron chi connectivity index (χ4n) is 3.64. The van der Waals surface area contributed by atoms with Gasteiger partial charge in [-0.3, -0.25) is 14.4 Å². The smallest absolute Gasteiger partial charge is 0.273 e. The summed E-state index contributed by atoms with van der Waals surface area (Å²) < 4.78 is 7.79. The number of carbonyl (C=O) groups is 2. The molecule has 4 rings (SSSR count). The first-order valence-corrected chi connectivity index (χ1v) is 12.9. The van der Waals surface area contributed by atoms with Crippen molar-refractivity contribution in [1.29, 1.82) is 0 Å². The minimum atomic E-state index is -0.303. The molecule has 0 saturated carbocycles. The Morgan fingerprint density at radius 1 is 1.28 bits per heavy atom. The van der Waals surface area contributed by atoms with Gasteiger partial charge < -0.3 is 19.5 Å². The SMILES string of the molecule is COc1cc(=O)n2c(c1C(=O)NCc1cccs1)CCN(C(=O)c1csc(SC)n1)CC2. The van der Waals surface area contributed by atoms with Crippen molar-refractivity contribution in [3.8, 4) is 5.75 Å². The zero-order valence-electron chi connectivity index (χ0n) is 17.6. The average molecular weight is 491 g/mol. The van der Waals surface area contributed by atoms with E-state index in [2.05, 4.69) is 10.3 Å². The molecule has 32 heavy (non-hydrogen) atoms. The third kappa shape index (κ3) is 4.59. The molecule has 8 nitrogen and oxygen atoms in total. The molecule has 1 aliphatic rings. The van der Waals surface area contributed by atoms with Crippen molar-refractivity contribution in [3.05, 3.63) is 61.1 Å². The second-order valence-electron chi connectivity index (χ2n) is 7.03. The third-order valence-electron chi connectivity index (χ3n) is 5.21. The fraction of sp³-hybridized carbons (Fsp3) is 0.333. The Bertz CT molecular complexity index is 1190. The summed E-state index contributed by atoms with van der Waals surface area (Å²) in [6.07, 6.45) is 2.28. The van der Waals surface area contributed by atoms with Gasteiger partial charge in [0.1, 0.15) is 21.3 Å². The molecule has 0 spiro atoms. The topological polar surface area (TPSA) is 93.5 Å². The van der Waals surface area contributed by atoms with Gasteiger partial charge >= 0.3 is 0 Å².